The molecule has 0 saturated carbocycles. The van der Waals surface area contributed by atoms with Gasteiger partial charge in [0.2, 0.25) is 10.0 Å². The molecule has 2 aromatic carbocycles. The summed E-state index contributed by atoms with van der Waals surface area (Å²) < 4.78 is 26.8. The van der Waals surface area contributed by atoms with E-state index in [1.165, 1.54) is 18.2 Å². The molecule has 6 heteroatoms. The van der Waals surface area contributed by atoms with Crippen LogP contribution in [-0.2, 0) is 16.4 Å². The lowest BCUT2D eigenvalue weighted by Gasteiger charge is -2.27. The number of rotatable bonds is 4. The van der Waals surface area contributed by atoms with Crippen molar-refractivity contribution in [1.82, 2.24) is 4.72 Å². The highest BCUT2D eigenvalue weighted by molar-refractivity contribution is 9.10. The number of anilines is 1. The lowest BCUT2D eigenvalue weighted by atomic mass is 9.87. The van der Waals surface area contributed by atoms with Crippen molar-refractivity contribution in [3.63, 3.8) is 0 Å². The van der Waals surface area contributed by atoms with Crippen molar-refractivity contribution >= 4 is 31.6 Å². The molecule has 0 aliphatic heterocycles. The molecule has 0 spiro atoms. The summed E-state index contributed by atoms with van der Waals surface area (Å²) in [5.41, 5.74) is 3.63. The second-order valence-electron chi connectivity index (χ2n) is 5.64. The molecule has 2 aromatic rings. The van der Waals surface area contributed by atoms with Gasteiger partial charge in [-0.05, 0) is 71.6 Å². The normalized spacial score (nSPS) is 17.6. The van der Waals surface area contributed by atoms with E-state index in [0.29, 0.717) is 0 Å². The van der Waals surface area contributed by atoms with E-state index in [1.807, 2.05) is 6.07 Å². The molecule has 2 N–H and O–H groups in total. The Kier molecular flexibility index (Phi) is 4.75. The van der Waals surface area contributed by atoms with Crippen LogP contribution in [0.4, 0.5) is 5.69 Å². The Balaban J connectivity index is 1.87. The van der Waals surface area contributed by atoms with Crippen LogP contribution < -0.4 is 10.0 Å². The van der Waals surface area contributed by atoms with Crippen LogP contribution in [0, 0.1) is 0 Å². The molecule has 0 radical (unpaired) electrons. The summed E-state index contributed by atoms with van der Waals surface area (Å²) in [6, 6.07) is 13.8. The molecule has 0 saturated heterocycles. The smallest absolute Gasteiger partial charge is 0.240 e. The Morgan fingerprint density at radius 1 is 1.17 bits per heavy atom. The number of nitrogens with one attached hydrogen (secondary N) is 2. The van der Waals surface area contributed by atoms with Crippen LogP contribution in [0.5, 0.6) is 0 Å². The van der Waals surface area contributed by atoms with Gasteiger partial charge in [-0.1, -0.05) is 24.3 Å². The predicted octanol–water partition coefficient (Wildman–Crippen LogP) is 3.85. The Morgan fingerprint density at radius 2 is 1.96 bits per heavy atom. The molecular formula is C17H19BrN2O2S. The summed E-state index contributed by atoms with van der Waals surface area (Å²) in [7, 11) is -2.02. The Morgan fingerprint density at radius 3 is 2.70 bits per heavy atom. The minimum atomic E-state index is -3.43. The number of sulfonamides is 1. The molecular weight excluding hydrogens is 376 g/mol. The molecule has 0 heterocycles. The van der Waals surface area contributed by atoms with Gasteiger partial charge >= 0.3 is 0 Å². The van der Waals surface area contributed by atoms with Crippen molar-refractivity contribution in [3.05, 3.63) is 58.1 Å². The fraction of sp³-hybridized carbons (Fsp3) is 0.294. The van der Waals surface area contributed by atoms with E-state index in [1.54, 1.807) is 12.1 Å². The van der Waals surface area contributed by atoms with Gasteiger partial charge < -0.3 is 5.32 Å². The van der Waals surface area contributed by atoms with Gasteiger partial charge in [-0.3, -0.25) is 0 Å². The first-order valence-electron chi connectivity index (χ1n) is 7.59. The zero-order chi connectivity index (χ0) is 16.4. The Hall–Kier alpha value is -1.37. The second kappa shape index (κ2) is 6.63. The maximum absolute atomic E-state index is 11.9. The average Bonchev–Trinajstić information content (AvgIpc) is 2.57. The lowest BCUT2D eigenvalue weighted by molar-refractivity contribution is 0.588. The molecule has 0 fully saturated rings. The average molecular weight is 395 g/mol. The van der Waals surface area contributed by atoms with E-state index < -0.39 is 10.0 Å². The third kappa shape index (κ3) is 3.44. The van der Waals surface area contributed by atoms with Gasteiger partial charge in [0.15, 0.2) is 0 Å². The first-order valence-corrected chi connectivity index (χ1v) is 9.86. The third-order valence-electron chi connectivity index (χ3n) is 4.22. The molecule has 1 aliphatic carbocycles. The maximum atomic E-state index is 11.9. The molecule has 0 bridgehead atoms. The van der Waals surface area contributed by atoms with Gasteiger partial charge in [0.25, 0.3) is 0 Å². The minimum Gasteiger partial charge on any atom is -0.377 e. The molecule has 0 aromatic heterocycles. The lowest BCUT2D eigenvalue weighted by Crippen LogP contribution is -2.19. The van der Waals surface area contributed by atoms with E-state index >= 15 is 0 Å². The summed E-state index contributed by atoms with van der Waals surface area (Å²) >= 11 is 3.48. The van der Waals surface area contributed by atoms with Crippen LogP contribution in [0.2, 0.25) is 0 Å². The van der Waals surface area contributed by atoms with Gasteiger partial charge in [-0.2, -0.15) is 0 Å². The minimum absolute atomic E-state index is 0.251. The molecule has 0 unspecified atom stereocenters. The SMILES string of the molecule is CNS(=O)(=O)c1ccc(N[C@H]2CCCc3ccccc32)c(Br)c1. The highest BCUT2D eigenvalue weighted by Crippen LogP contribution is 2.35. The summed E-state index contributed by atoms with van der Waals surface area (Å²) in [4.78, 5) is 0.251. The van der Waals surface area contributed by atoms with Crippen LogP contribution in [0.15, 0.2) is 51.8 Å². The summed E-state index contributed by atoms with van der Waals surface area (Å²) in [5.74, 6) is 0. The number of benzene rings is 2. The van der Waals surface area contributed by atoms with Crippen molar-refractivity contribution in [2.45, 2.75) is 30.2 Å². The standard InChI is InChI=1S/C17H19BrN2O2S/c1-19-23(21,22)13-9-10-17(15(18)11-13)20-16-8-4-6-12-5-2-3-7-14(12)16/h2-3,5,7,9-11,16,19-20H,4,6,8H2,1H3/t16-/m0/s1. The van der Waals surface area contributed by atoms with Crippen molar-refractivity contribution < 1.29 is 8.42 Å². The van der Waals surface area contributed by atoms with E-state index in [0.717, 1.165) is 29.4 Å². The van der Waals surface area contributed by atoms with E-state index in [-0.39, 0.29) is 10.9 Å². The molecule has 0 amide bonds. The summed E-state index contributed by atoms with van der Waals surface area (Å²) in [6.07, 6.45) is 3.34. The highest BCUT2D eigenvalue weighted by Gasteiger charge is 2.21. The zero-order valence-corrected chi connectivity index (χ0v) is 15.2. The summed E-state index contributed by atoms with van der Waals surface area (Å²) in [6.45, 7) is 0. The van der Waals surface area contributed by atoms with E-state index in [9.17, 15) is 8.42 Å². The van der Waals surface area contributed by atoms with Crippen LogP contribution in [0.1, 0.15) is 30.0 Å². The number of aryl methyl sites for hydroxylation is 1. The van der Waals surface area contributed by atoms with Gasteiger partial charge in [0.1, 0.15) is 0 Å². The van der Waals surface area contributed by atoms with Crippen molar-refractivity contribution in [1.29, 1.82) is 0 Å². The van der Waals surface area contributed by atoms with E-state index in [4.69, 9.17) is 0 Å². The van der Waals surface area contributed by atoms with Crippen molar-refractivity contribution in [3.8, 4) is 0 Å². The Labute approximate surface area is 145 Å². The molecule has 4 nitrogen and oxygen atoms in total. The van der Waals surface area contributed by atoms with Gasteiger partial charge in [-0.15, -0.1) is 0 Å². The molecule has 1 atom stereocenters. The van der Waals surface area contributed by atoms with Crippen LogP contribution >= 0.6 is 15.9 Å². The van der Waals surface area contributed by atoms with Gasteiger partial charge in [-0.25, -0.2) is 13.1 Å². The first-order chi connectivity index (χ1) is 11.0. The van der Waals surface area contributed by atoms with Crippen LogP contribution in [0.3, 0.4) is 0 Å². The monoisotopic (exact) mass is 394 g/mol. The second-order valence-corrected chi connectivity index (χ2v) is 8.38. The molecule has 122 valence electrons. The first kappa shape index (κ1) is 16.5. The number of fused-ring (bicyclic) bond motifs is 1. The fourth-order valence-electron chi connectivity index (χ4n) is 2.99. The van der Waals surface area contributed by atoms with E-state index in [2.05, 4.69) is 50.2 Å². The topological polar surface area (TPSA) is 58.2 Å². The molecule has 23 heavy (non-hydrogen) atoms. The summed E-state index contributed by atoms with van der Waals surface area (Å²) in [5, 5.41) is 3.54. The van der Waals surface area contributed by atoms with Gasteiger partial charge in [0, 0.05) is 10.2 Å². The fourth-order valence-corrected chi connectivity index (χ4v) is 4.39. The number of hydrogen-bond donors (Lipinski definition) is 2. The van der Waals surface area contributed by atoms with Crippen molar-refractivity contribution in [2.24, 2.45) is 0 Å². The third-order valence-corrected chi connectivity index (χ3v) is 6.29. The number of hydrogen-bond acceptors (Lipinski definition) is 3. The predicted molar refractivity (Wildman–Crippen MR) is 96.1 cm³/mol. The van der Waals surface area contributed by atoms with Crippen molar-refractivity contribution in [2.75, 3.05) is 12.4 Å². The zero-order valence-electron chi connectivity index (χ0n) is 12.8. The van der Waals surface area contributed by atoms with Gasteiger partial charge in [0.05, 0.1) is 10.9 Å². The largest absolute Gasteiger partial charge is 0.377 e. The Bertz CT molecular complexity index is 821. The number of halogens is 1. The van der Waals surface area contributed by atoms with Crippen LogP contribution in [0.25, 0.3) is 0 Å². The molecule has 3 rings (SSSR count). The quantitative estimate of drug-likeness (QED) is 0.827. The molecule has 1 aliphatic rings. The maximum Gasteiger partial charge on any atom is 0.240 e. The highest BCUT2D eigenvalue weighted by atomic mass is 79.9. The van der Waals surface area contributed by atoms with Crippen LogP contribution in [-0.4, -0.2) is 15.5 Å².